The van der Waals surface area contributed by atoms with Gasteiger partial charge in [0, 0.05) is 32.6 Å². The van der Waals surface area contributed by atoms with Gasteiger partial charge in [-0.25, -0.2) is 4.99 Å². The molecule has 1 aromatic carbocycles. The normalized spacial score (nSPS) is 24.3. The van der Waals surface area contributed by atoms with E-state index in [0.717, 1.165) is 43.0 Å². The van der Waals surface area contributed by atoms with Crippen molar-refractivity contribution < 1.29 is 47.7 Å². The highest BCUT2D eigenvalue weighted by atomic mass is 32.2. The summed E-state index contributed by atoms with van der Waals surface area (Å²) in [6.45, 7) is 6.17. The van der Waals surface area contributed by atoms with Gasteiger partial charge < -0.3 is 23.7 Å². The number of carbonyl (C=O) groups excluding carboxylic acids is 5. The van der Waals surface area contributed by atoms with Crippen LogP contribution >= 0.6 is 23.1 Å². The van der Waals surface area contributed by atoms with Crippen molar-refractivity contribution in [1.82, 2.24) is 0 Å². The van der Waals surface area contributed by atoms with Crippen LogP contribution < -0.4 is 4.90 Å². The van der Waals surface area contributed by atoms with Crippen molar-refractivity contribution in [3.63, 3.8) is 0 Å². The van der Waals surface area contributed by atoms with Crippen molar-refractivity contribution in [2.24, 2.45) is 4.99 Å². The highest BCUT2D eigenvalue weighted by molar-refractivity contribution is 8.14. The fourth-order valence-corrected chi connectivity index (χ4v) is 6.31. The lowest BCUT2D eigenvalue weighted by Gasteiger charge is -2.44. The number of anilines is 1. The Kier molecular flexibility index (Phi) is 10.4. The minimum Gasteiger partial charge on any atom is -0.463 e. The van der Waals surface area contributed by atoms with E-state index in [1.807, 2.05) is 36.6 Å². The average Bonchev–Trinajstić information content (AvgIpc) is 3.53. The topological polar surface area (TPSA) is 147 Å². The molecule has 5 atom stereocenters. The first kappa shape index (κ1) is 31.9. The Labute approximate surface area is 256 Å². The van der Waals surface area contributed by atoms with Crippen LogP contribution in [0.1, 0.15) is 38.1 Å². The van der Waals surface area contributed by atoms with Crippen LogP contribution in [-0.2, 0) is 47.7 Å². The maximum absolute atomic E-state index is 13.7. The number of thioether (sulfide) groups is 1. The molecule has 1 aromatic heterocycles. The van der Waals surface area contributed by atoms with E-state index < -0.39 is 59.6 Å². The second-order valence-corrected chi connectivity index (χ2v) is 11.6. The molecule has 1 saturated heterocycles. The van der Waals surface area contributed by atoms with E-state index in [0.29, 0.717) is 5.69 Å². The first-order valence-corrected chi connectivity index (χ1v) is 14.9. The number of ether oxygens (including phenoxy) is 5. The number of thiophene rings is 1. The number of amides is 1. The molecule has 43 heavy (non-hydrogen) atoms. The average molecular weight is 631 g/mol. The molecule has 0 aliphatic carbocycles. The Balaban J connectivity index is 1.78. The lowest BCUT2D eigenvalue weighted by Crippen LogP contribution is -2.61. The van der Waals surface area contributed by atoms with Gasteiger partial charge in [0.25, 0.3) is 5.91 Å². The summed E-state index contributed by atoms with van der Waals surface area (Å²) in [7, 11) is 0. The summed E-state index contributed by atoms with van der Waals surface area (Å²) >= 11 is 2.38. The van der Waals surface area contributed by atoms with E-state index in [-0.39, 0.29) is 17.5 Å². The lowest BCUT2D eigenvalue weighted by atomic mass is 9.99. The van der Waals surface area contributed by atoms with E-state index in [1.54, 1.807) is 18.2 Å². The van der Waals surface area contributed by atoms with Crippen molar-refractivity contribution in [1.29, 1.82) is 0 Å². The molecular formula is C29H30N2O10S2. The zero-order chi connectivity index (χ0) is 31.3. The smallest absolute Gasteiger partial charge is 0.303 e. The number of benzene rings is 1. The maximum Gasteiger partial charge on any atom is 0.303 e. The number of esters is 4. The number of aryl methyl sites for hydroxylation is 1. The Morgan fingerprint density at radius 2 is 1.63 bits per heavy atom. The maximum atomic E-state index is 13.7. The number of aliphatic imine (C=N–C) groups is 1. The molecule has 0 bridgehead atoms. The third-order valence-corrected chi connectivity index (χ3v) is 8.00. The summed E-state index contributed by atoms with van der Waals surface area (Å²) < 4.78 is 27.9. The second-order valence-electron chi connectivity index (χ2n) is 9.60. The number of rotatable bonds is 8. The van der Waals surface area contributed by atoms with E-state index in [1.165, 1.54) is 23.2 Å². The quantitative estimate of drug-likeness (QED) is 0.239. The highest BCUT2D eigenvalue weighted by Crippen LogP contribution is 2.39. The van der Waals surface area contributed by atoms with Crippen LogP contribution in [0.15, 0.2) is 52.5 Å². The van der Waals surface area contributed by atoms with Gasteiger partial charge in [-0.2, -0.15) is 0 Å². The van der Waals surface area contributed by atoms with Gasteiger partial charge in [-0.15, -0.1) is 11.3 Å². The Morgan fingerprint density at radius 3 is 2.23 bits per heavy atom. The number of hydrogen-bond donors (Lipinski definition) is 0. The summed E-state index contributed by atoms with van der Waals surface area (Å²) in [6.07, 6.45) is -3.42. The molecule has 2 aliphatic heterocycles. The molecule has 0 saturated carbocycles. The molecule has 12 nitrogen and oxygen atoms in total. The number of carbonyl (C=O) groups is 5. The van der Waals surface area contributed by atoms with Crippen molar-refractivity contribution in [3.8, 4) is 0 Å². The molecule has 4 rings (SSSR count). The van der Waals surface area contributed by atoms with Gasteiger partial charge in [-0.3, -0.25) is 28.9 Å². The molecule has 0 radical (unpaired) electrons. The van der Waals surface area contributed by atoms with Crippen LogP contribution in [0.3, 0.4) is 0 Å². The Bertz CT molecular complexity index is 1450. The molecule has 3 heterocycles. The van der Waals surface area contributed by atoms with Crippen LogP contribution in [-0.4, -0.2) is 71.4 Å². The van der Waals surface area contributed by atoms with Gasteiger partial charge in [-0.05, 0) is 42.1 Å². The van der Waals surface area contributed by atoms with Gasteiger partial charge in [0.15, 0.2) is 28.9 Å². The van der Waals surface area contributed by atoms with Gasteiger partial charge in [0.1, 0.15) is 18.4 Å². The SMILES string of the molecule is CC(=O)OC[C@H]1O[C@@H](SC2=N/C(=C/c3cccs3)C(=O)N2c2cccc(C)c2)[C@H](OC(C)=O)[C@@H](OC(C)=O)[C@@H]1OC(C)=O. The lowest BCUT2D eigenvalue weighted by molar-refractivity contribution is -0.237. The van der Waals surface area contributed by atoms with E-state index in [4.69, 9.17) is 23.7 Å². The summed E-state index contributed by atoms with van der Waals surface area (Å²) in [5.41, 5.74) is 0.451. The fraction of sp³-hybridized carbons (Fsp3) is 0.379. The van der Waals surface area contributed by atoms with E-state index in [2.05, 4.69) is 4.99 Å². The van der Waals surface area contributed by atoms with Crippen LogP contribution in [0.25, 0.3) is 6.08 Å². The predicted octanol–water partition coefficient (Wildman–Crippen LogP) is 3.62. The molecule has 1 amide bonds. The standard InChI is InChI=1S/C29H30N2O10S2/c1-15-8-6-9-20(12-15)31-27(36)22(13-21-10-7-11-42-21)30-29(31)43-28-26(40-19(5)35)25(39-18(4)34)24(38-17(3)33)23(41-28)14-37-16(2)32/h6-13,23-26,28H,14H2,1-5H3/b22-13+/t23-,24-,25+,26-,28+/m1/s1. The van der Waals surface area contributed by atoms with Crippen molar-refractivity contribution in [2.45, 2.75) is 64.5 Å². The van der Waals surface area contributed by atoms with Gasteiger partial charge in [0.05, 0.1) is 5.69 Å². The Hall–Kier alpha value is -4.01. The van der Waals surface area contributed by atoms with E-state index >= 15 is 0 Å². The Morgan fingerprint density at radius 1 is 0.953 bits per heavy atom. The van der Waals surface area contributed by atoms with Crippen molar-refractivity contribution >= 4 is 69.8 Å². The minimum absolute atomic E-state index is 0.164. The molecule has 1 fully saturated rings. The number of nitrogens with zero attached hydrogens (tertiary/aromatic N) is 2. The van der Waals surface area contributed by atoms with Gasteiger partial charge in [-0.1, -0.05) is 30.0 Å². The number of amidine groups is 1. The largest absolute Gasteiger partial charge is 0.463 e. The van der Waals surface area contributed by atoms with Crippen LogP contribution in [0.4, 0.5) is 5.69 Å². The first-order valence-electron chi connectivity index (χ1n) is 13.1. The van der Waals surface area contributed by atoms with Crippen molar-refractivity contribution in [3.05, 3.63) is 57.9 Å². The molecule has 14 heteroatoms. The summed E-state index contributed by atoms with van der Waals surface area (Å²) in [4.78, 5) is 68.7. The molecule has 0 spiro atoms. The molecule has 0 N–H and O–H groups in total. The van der Waals surface area contributed by atoms with Crippen LogP contribution in [0.5, 0.6) is 0 Å². The second kappa shape index (κ2) is 14.0. The molecule has 228 valence electrons. The van der Waals surface area contributed by atoms with Crippen molar-refractivity contribution in [2.75, 3.05) is 11.5 Å². The fourth-order valence-electron chi connectivity index (χ4n) is 4.47. The van der Waals surface area contributed by atoms with Gasteiger partial charge in [0.2, 0.25) is 0 Å². The first-order chi connectivity index (χ1) is 20.4. The zero-order valence-corrected chi connectivity index (χ0v) is 25.6. The van der Waals surface area contributed by atoms with Crippen LogP contribution in [0.2, 0.25) is 0 Å². The highest BCUT2D eigenvalue weighted by Gasteiger charge is 2.53. The molecular weight excluding hydrogens is 600 g/mol. The third-order valence-electron chi connectivity index (χ3n) is 6.08. The molecule has 2 aromatic rings. The van der Waals surface area contributed by atoms with E-state index in [9.17, 15) is 24.0 Å². The summed E-state index contributed by atoms with van der Waals surface area (Å²) in [5.74, 6) is -3.22. The zero-order valence-electron chi connectivity index (χ0n) is 24.0. The molecule has 2 aliphatic rings. The third kappa shape index (κ3) is 8.09. The summed E-state index contributed by atoms with van der Waals surface area (Å²) in [6, 6.07) is 11.0. The van der Waals surface area contributed by atoms with Crippen LogP contribution in [0, 0.1) is 6.92 Å². The monoisotopic (exact) mass is 630 g/mol. The predicted molar refractivity (Wildman–Crippen MR) is 158 cm³/mol. The summed E-state index contributed by atoms with van der Waals surface area (Å²) in [5, 5.41) is 2.07. The molecule has 0 unspecified atom stereocenters. The van der Waals surface area contributed by atoms with Gasteiger partial charge >= 0.3 is 23.9 Å². The minimum atomic E-state index is -1.34. The number of hydrogen-bond acceptors (Lipinski definition) is 13.